The standard InChI is InChI=1S/C10H10N2O4/c1-6(10(13)14)5-8-11-12-9(16-8)7-3-2-4-15-7/h2-4,6H,5H2,1H3,(H,13,14). The van der Waals surface area contributed by atoms with E-state index in [4.69, 9.17) is 13.9 Å². The van der Waals surface area contributed by atoms with E-state index < -0.39 is 11.9 Å². The van der Waals surface area contributed by atoms with Crippen LogP contribution in [-0.4, -0.2) is 21.3 Å². The number of aliphatic carboxylic acids is 1. The summed E-state index contributed by atoms with van der Waals surface area (Å²) in [7, 11) is 0. The van der Waals surface area contributed by atoms with Gasteiger partial charge < -0.3 is 13.9 Å². The lowest BCUT2D eigenvalue weighted by Gasteiger charge is -1.99. The molecule has 1 unspecified atom stereocenters. The first-order valence-electron chi connectivity index (χ1n) is 4.76. The molecule has 0 radical (unpaired) electrons. The summed E-state index contributed by atoms with van der Waals surface area (Å²) in [6.07, 6.45) is 1.71. The van der Waals surface area contributed by atoms with Crippen LogP contribution in [-0.2, 0) is 11.2 Å². The van der Waals surface area contributed by atoms with E-state index in [1.807, 2.05) is 0 Å². The first-order valence-corrected chi connectivity index (χ1v) is 4.76. The Hall–Kier alpha value is -2.11. The highest BCUT2D eigenvalue weighted by Crippen LogP contribution is 2.19. The normalized spacial score (nSPS) is 12.6. The van der Waals surface area contributed by atoms with Gasteiger partial charge in [-0.3, -0.25) is 4.79 Å². The number of rotatable bonds is 4. The molecule has 2 heterocycles. The molecule has 2 aromatic rings. The first-order chi connectivity index (χ1) is 7.66. The van der Waals surface area contributed by atoms with Crippen molar-refractivity contribution in [1.29, 1.82) is 0 Å². The summed E-state index contributed by atoms with van der Waals surface area (Å²) in [4.78, 5) is 10.6. The van der Waals surface area contributed by atoms with Crippen molar-refractivity contribution >= 4 is 5.97 Å². The summed E-state index contributed by atoms with van der Waals surface area (Å²) in [6.45, 7) is 1.58. The average molecular weight is 222 g/mol. The van der Waals surface area contributed by atoms with Gasteiger partial charge in [-0.25, -0.2) is 0 Å². The molecule has 6 heteroatoms. The minimum Gasteiger partial charge on any atom is -0.481 e. The number of carbonyl (C=O) groups is 1. The van der Waals surface area contributed by atoms with Gasteiger partial charge in [0, 0.05) is 6.42 Å². The molecule has 0 saturated carbocycles. The van der Waals surface area contributed by atoms with E-state index in [0.717, 1.165) is 0 Å². The van der Waals surface area contributed by atoms with E-state index in [0.29, 0.717) is 11.7 Å². The Morgan fingerprint density at radius 2 is 2.38 bits per heavy atom. The largest absolute Gasteiger partial charge is 0.481 e. The zero-order valence-corrected chi connectivity index (χ0v) is 8.58. The molecule has 2 aromatic heterocycles. The van der Waals surface area contributed by atoms with Crippen molar-refractivity contribution in [3.8, 4) is 11.7 Å². The van der Waals surface area contributed by atoms with E-state index in [1.165, 1.54) is 6.26 Å². The highest BCUT2D eigenvalue weighted by molar-refractivity contribution is 5.69. The fourth-order valence-corrected chi connectivity index (χ4v) is 1.19. The van der Waals surface area contributed by atoms with Crippen LogP contribution in [0.15, 0.2) is 27.2 Å². The molecule has 0 amide bonds. The molecule has 0 spiro atoms. The van der Waals surface area contributed by atoms with Crippen molar-refractivity contribution < 1.29 is 18.7 Å². The lowest BCUT2D eigenvalue weighted by molar-refractivity contribution is -0.141. The van der Waals surface area contributed by atoms with Crippen LogP contribution in [0.5, 0.6) is 0 Å². The molecule has 0 aliphatic heterocycles. The molecule has 1 N–H and O–H groups in total. The molecule has 0 fully saturated rings. The number of nitrogens with zero attached hydrogens (tertiary/aromatic N) is 2. The predicted molar refractivity (Wildman–Crippen MR) is 52.5 cm³/mol. The third kappa shape index (κ3) is 2.10. The molecule has 16 heavy (non-hydrogen) atoms. The number of aromatic nitrogens is 2. The molecule has 84 valence electrons. The maximum absolute atomic E-state index is 10.6. The van der Waals surface area contributed by atoms with E-state index >= 15 is 0 Å². The van der Waals surface area contributed by atoms with Crippen molar-refractivity contribution in [1.82, 2.24) is 10.2 Å². The summed E-state index contributed by atoms with van der Waals surface area (Å²) < 4.78 is 10.3. The third-order valence-electron chi connectivity index (χ3n) is 2.10. The Morgan fingerprint density at radius 3 is 3.00 bits per heavy atom. The smallest absolute Gasteiger partial charge is 0.306 e. The highest BCUT2D eigenvalue weighted by Gasteiger charge is 2.17. The van der Waals surface area contributed by atoms with Crippen molar-refractivity contribution in [3.63, 3.8) is 0 Å². The third-order valence-corrected chi connectivity index (χ3v) is 2.10. The highest BCUT2D eigenvalue weighted by atomic mass is 16.4. The minimum atomic E-state index is -0.891. The lowest BCUT2D eigenvalue weighted by Crippen LogP contribution is -2.12. The van der Waals surface area contributed by atoms with Gasteiger partial charge in [-0.2, -0.15) is 0 Å². The second-order valence-corrected chi connectivity index (χ2v) is 3.42. The fraction of sp³-hybridized carbons (Fsp3) is 0.300. The number of furan rings is 1. The zero-order valence-electron chi connectivity index (χ0n) is 8.58. The van der Waals surface area contributed by atoms with Crippen LogP contribution in [0.3, 0.4) is 0 Å². The van der Waals surface area contributed by atoms with Crippen molar-refractivity contribution in [3.05, 3.63) is 24.3 Å². The number of carboxylic acid groups (broad SMARTS) is 1. The molecule has 0 aliphatic carbocycles. The summed E-state index contributed by atoms with van der Waals surface area (Å²) >= 11 is 0. The van der Waals surface area contributed by atoms with Gasteiger partial charge in [-0.1, -0.05) is 6.92 Å². The zero-order chi connectivity index (χ0) is 11.5. The van der Waals surface area contributed by atoms with E-state index in [2.05, 4.69) is 10.2 Å². The summed E-state index contributed by atoms with van der Waals surface area (Å²) in [5.41, 5.74) is 0. The Morgan fingerprint density at radius 1 is 1.56 bits per heavy atom. The van der Waals surface area contributed by atoms with Gasteiger partial charge in [0.25, 0.3) is 5.89 Å². The van der Waals surface area contributed by atoms with Crippen LogP contribution in [0, 0.1) is 5.92 Å². The SMILES string of the molecule is CC(Cc1nnc(-c2ccco2)o1)C(=O)O. The second kappa shape index (κ2) is 4.18. The molecular formula is C10H10N2O4. The van der Waals surface area contributed by atoms with Crippen LogP contribution < -0.4 is 0 Å². The molecule has 1 atom stereocenters. The Bertz CT molecular complexity index is 475. The van der Waals surface area contributed by atoms with Crippen LogP contribution >= 0.6 is 0 Å². The average Bonchev–Trinajstić information content (AvgIpc) is 2.85. The van der Waals surface area contributed by atoms with E-state index in [9.17, 15) is 4.79 Å². The Kier molecular flexibility index (Phi) is 2.72. The molecule has 2 rings (SSSR count). The molecule has 6 nitrogen and oxygen atoms in total. The molecular weight excluding hydrogens is 212 g/mol. The van der Waals surface area contributed by atoms with E-state index in [1.54, 1.807) is 19.1 Å². The van der Waals surface area contributed by atoms with Crippen LogP contribution in [0.4, 0.5) is 0 Å². The maximum atomic E-state index is 10.6. The van der Waals surface area contributed by atoms with Gasteiger partial charge in [0.1, 0.15) is 0 Å². The maximum Gasteiger partial charge on any atom is 0.306 e. The van der Waals surface area contributed by atoms with Crippen LogP contribution in [0.1, 0.15) is 12.8 Å². The number of carboxylic acids is 1. The quantitative estimate of drug-likeness (QED) is 0.844. The Balaban J connectivity index is 2.11. The van der Waals surface area contributed by atoms with E-state index in [-0.39, 0.29) is 12.3 Å². The summed E-state index contributed by atoms with van der Waals surface area (Å²) in [6, 6.07) is 3.40. The van der Waals surface area contributed by atoms with Gasteiger partial charge in [0.2, 0.25) is 5.89 Å². The molecule has 0 aromatic carbocycles. The first kappa shape index (κ1) is 10.4. The van der Waals surface area contributed by atoms with Gasteiger partial charge >= 0.3 is 5.97 Å². The monoisotopic (exact) mass is 222 g/mol. The summed E-state index contributed by atoms with van der Waals surface area (Å²) in [5.74, 6) is -0.414. The van der Waals surface area contributed by atoms with Crippen molar-refractivity contribution in [2.24, 2.45) is 5.92 Å². The van der Waals surface area contributed by atoms with Crippen molar-refractivity contribution in [2.75, 3.05) is 0 Å². The molecule has 0 aliphatic rings. The fourth-order valence-electron chi connectivity index (χ4n) is 1.19. The van der Waals surface area contributed by atoms with Crippen LogP contribution in [0.25, 0.3) is 11.7 Å². The van der Waals surface area contributed by atoms with Gasteiger partial charge in [-0.05, 0) is 12.1 Å². The molecule has 0 bridgehead atoms. The predicted octanol–water partition coefficient (Wildman–Crippen LogP) is 1.59. The minimum absolute atomic E-state index is 0.211. The second-order valence-electron chi connectivity index (χ2n) is 3.42. The Labute approximate surface area is 90.9 Å². The van der Waals surface area contributed by atoms with Crippen LogP contribution in [0.2, 0.25) is 0 Å². The molecule has 0 saturated heterocycles. The topological polar surface area (TPSA) is 89.4 Å². The van der Waals surface area contributed by atoms with Gasteiger partial charge in [0.05, 0.1) is 12.2 Å². The van der Waals surface area contributed by atoms with Gasteiger partial charge in [0.15, 0.2) is 5.76 Å². The summed E-state index contributed by atoms with van der Waals surface area (Å²) in [5, 5.41) is 16.2. The number of hydrogen-bond donors (Lipinski definition) is 1. The lowest BCUT2D eigenvalue weighted by atomic mass is 10.1. The number of hydrogen-bond acceptors (Lipinski definition) is 5. The van der Waals surface area contributed by atoms with Crippen molar-refractivity contribution in [2.45, 2.75) is 13.3 Å². The van der Waals surface area contributed by atoms with Gasteiger partial charge in [-0.15, -0.1) is 10.2 Å².